The summed E-state index contributed by atoms with van der Waals surface area (Å²) in [7, 11) is 0. The average molecular weight is 228 g/mol. The molecule has 0 saturated carbocycles. The first-order valence-corrected chi connectivity index (χ1v) is 4.93. The van der Waals surface area contributed by atoms with Crippen molar-refractivity contribution in [3.63, 3.8) is 0 Å². The Kier molecular flexibility index (Phi) is 1.79. The molecular formula is C11H8N4O2. The number of hydrogen-bond donors (Lipinski definition) is 2. The largest absolute Gasteiger partial charge is 0.478 e. The Hall–Kier alpha value is -2.63. The van der Waals surface area contributed by atoms with Gasteiger partial charge in [0.2, 0.25) is 0 Å². The highest BCUT2D eigenvalue weighted by atomic mass is 16.4. The minimum Gasteiger partial charge on any atom is -0.478 e. The monoisotopic (exact) mass is 228 g/mol. The van der Waals surface area contributed by atoms with Crippen LogP contribution in [0.1, 0.15) is 10.4 Å². The quantitative estimate of drug-likeness (QED) is 0.651. The van der Waals surface area contributed by atoms with Crippen LogP contribution in [0.3, 0.4) is 0 Å². The van der Waals surface area contributed by atoms with Crippen molar-refractivity contribution in [2.45, 2.75) is 0 Å². The maximum Gasteiger partial charge on any atom is 0.335 e. The summed E-state index contributed by atoms with van der Waals surface area (Å²) in [6.07, 6.45) is 1.60. The zero-order valence-electron chi connectivity index (χ0n) is 8.66. The van der Waals surface area contributed by atoms with Crippen LogP contribution in [-0.4, -0.2) is 25.7 Å². The molecule has 0 fully saturated rings. The molecule has 2 aromatic heterocycles. The number of aromatic carboxylic acids is 1. The van der Waals surface area contributed by atoms with Crippen LogP contribution < -0.4 is 5.73 Å². The van der Waals surface area contributed by atoms with Crippen molar-refractivity contribution < 1.29 is 9.90 Å². The minimum atomic E-state index is -0.982. The van der Waals surface area contributed by atoms with Gasteiger partial charge in [0.05, 0.1) is 22.8 Å². The molecule has 0 spiro atoms. The van der Waals surface area contributed by atoms with Crippen LogP contribution in [0.15, 0.2) is 30.5 Å². The van der Waals surface area contributed by atoms with Gasteiger partial charge < -0.3 is 10.8 Å². The highest BCUT2D eigenvalue weighted by Crippen LogP contribution is 2.20. The van der Waals surface area contributed by atoms with E-state index in [4.69, 9.17) is 10.8 Å². The van der Waals surface area contributed by atoms with Crippen LogP contribution in [0.25, 0.3) is 16.6 Å². The fourth-order valence-corrected chi connectivity index (χ4v) is 1.80. The Morgan fingerprint density at radius 3 is 2.88 bits per heavy atom. The van der Waals surface area contributed by atoms with Gasteiger partial charge in [0.25, 0.3) is 0 Å². The number of anilines is 1. The maximum absolute atomic E-state index is 10.9. The molecule has 6 heteroatoms. The van der Waals surface area contributed by atoms with Crippen LogP contribution in [0.5, 0.6) is 0 Å². The number of nitrogen functional groups attached to an aromatic ring is 1. The lowest BCUT2D eigenvalue weighted by Gasteiger charge is -2.04. The van der Waals surface area contributed by atoms with Crippen molar-refractivity contribution in [3.05, 3.63) is 36.0 Å². The maximum atomic E-state index is 10.9. The normalized spacial score (nSPS) is 11.1. The molecule has 84 valence electrons. The first-order valence-electron chi connectivity index (χ1n) is 4.93. The van der Waals surface area contributed by atoms with E-state index in [1.807, 2.05) is 0 Å². The third-order valence-electron chi connectivity index (χ3n) is 2.60. The summed E-state index contributed by atoms with van der Waals surface area (Å²) >= 11 is 0. The molecule has 3 aromatic rings. The van der Waals surface area contributed by atoms with Crippen molar-refractivity contribution in [2.75, 3.05) is 5.73 Å². The molecule has 3 rings (SSSR count). The lowest BCUT2D eigenvalue weighted by Crippen LogP contribution is -2.02. The van der Waals surface area contributed by atoms with E-state index < -0.39 is 5.97 Å². The van der Waals surface area contributed by atoms with E-state index in [0.717, 1.165) is 0 Å². The molecule has 6 nitrogen and oxygen atoms in total. The SMILES string of the molecule is Nc1nc2ccc(C(=O)O)cc2n2nccc12. The summed E-state index contributed by atoms with van der Waals surface area (Å²) < 4.78 is 1.59. The molecule has 0 amide bonds. The van der Waals surface area contributed by atoms with Crippen molar-refractivity contribution in [1.29, 1.82) is 0 Å². The van der Waals surface area contributed by atoms with E-state index >= 15 is 0 Å². The Bertz CT molecular complexity index is 748. The number of carboxylic acid groups (broad SMARTS) is 1. The number of nitrogens with two attached hydrogens (primary N) is 1. The fourth-order valence-electron chi connectivity index (χ4n) is 1.80. The molecule has 0 saturated heterocycles. The van der Waals surface area contributed by atoms with Crippen LogP contribution in [0.2, 0.25) is 0 Å². The van der Waals surface area contributed by atoms with Crippen LogP contribution in [0, 0.1) is 0 Å². The second kappa shape index (κ2) is 3.18. The molecule has 0 radical (unpaired) electrons. The van der Waals surface area contributed by atoms with Crippen LogP contribution in [0.4, 0.5) is 5.82 Å². The van der Waals surface area contributed by atoms with Crippen LogP contribution in [-0.2, 0) is 0 Å². The Morgan fingerprint density at radius 1 is 1.29 bits per heavy atom. The zero-order valence-corrected chi connectivity index (χ0v) is 8.66. The number of rotatable bonds is 1. The summed E-state index contributed by atoms with van der Waals surface area (Å²) in [4.78, 5) is 15.1. The zero-order chi connectivity index (χ0) is 12.0. The molecule has 0 aliphatic rings. The van der Waals surface area contributed by atoms with Crippen molar-refractivity contribution >= 4 is 28.3 Å². The van der Waals surface area contributed by atoms with Gasteiger partial charge in [-0.3, -0.25) is 0 Å². The van der Waals surface area contributed by atoms with Gasteiger partial charge in [0, 0.05) is 0 Å². The van der Waals surface area contributed by atoms with E-state index in [-0.39, 0.29) is 5.56 Å². The molecule has 17 heavy (non-hydrogen) atoms. The topological polar surface area (TPSA) is 93.5 Å². The third kappa shape index (κ3) is 1.31. The fraction of sp³-hybridized carbons (Fsp3) is 0. The Labute approximate surface area is 95.3 Å². The Morgan fingerprint density at radius 2 is 2.12 bits per heavy atom. The van der Waals surface area contributed by atoms with Crippen molar-refractivity contribution in [3.8, 4) is 0 Å². The smallest absolute Gasteiger partial charge is 0.335 e. The van der Waals surface area contributed by atoms with E-state index in [1.165, 1.54) is 12.1 Å². The lowest BCUT2D eigenvalue weighted by atomic mass is 10.2. The van der Waals surface area contributed by atoms with Gasteiger partial charge in [-0.15, -0.1) is 0 Å². The third-order valence-corrected chi connectivity index (χ3v) is 2.60. The van der Waals surface area contributed by atoms with Crippen molar-refractivity contribution in [2.24, 2.45) is 0 Å². The number of carbonyl (C=O) groups is 1. The van der Waals surface area contributed by atoms with Gasteiger partial charge in [-0.05, 0) is 24.3 Å². The molecule has 0 aliphatic heterocycles. The van der Waals surface area contributed by atoms with Gasteiger partial charge in [-0.2, -0.15) is 5.10 Å². The van der Waals surface area contributed by atoms with Gasteiger partial charge >= 0.3 is 5.97 Å². The minimum absolute atomic E-state index is 0.195. The number of benzene rings is 1. The molecule has 3 N–H and O–H groups in total. The van der Waals surface area contributed by atoms with E-state index in [2.05, 4.69) is 10.1 Å². The molecule has 0 unspecified atom stereocenters. The molecule has 0 aliphatic carbocycles. The number of carboxylic acids is 1. The second-order valence-corrected chi connectivity index (χ2v) is 3.63. The summed E-state index contributed by atoms with van der Waals surface area (Å²) in [5.74, 6) is -0.609. The number of aromatic nitrogens is 3. The molecule has 2 heterocycles. The predicted molar refractivity (Wildman–Crippen MR) is 61.9 cm³/mol. The molecule has 0 atom stereocenters. The molecular weight excluding hydrogens is 220 g/mol. The summed E-state index contributed by atoms with van der Waals surface area (Å²) in [6.45, 7) is 0. The first kappa shape index (κ1) is 9.59. The molecule has 1 aromatic carbocycles. The van der Waals surface area contributed by atoms with Crippen LogP contribution >= 0.6 is 0 Å². The number of fused-ring (bicyclic) bond motifs is 3. The number of hydrogen-bond acceptors (Lipinski definition) is 4. The first-order chi connectivity index (χ1) is 8.16. The highest BCUT2D eigenvalue weighted by molar-refractivity contribution is 5.93. The Balaban J connectivity index is 2.48. The van der Waals surface area contributed by atoms with Gasteiger partial charge in [-0.1, -0.05) is 0 Å². The van der Waals surface area contributed by atoms with Gasteiger partial charge in [-0.25, -0.2) is 14.3 Å². The standard InChI is InChI=1S/C11H8N4O2/c12-10-8-3-4-13-15(8)9-5-6(11(16)17)1-2-7(9)14-10/h1-5H,(H2,12,14)(H,16,17). The summed E-state index contributed by atoms with van der Waals surface area (Å²) in [5.41, 5.74) is 7.88. The molecule has 0 bridgehead atoms. The average Bonchev–Trinajstić information content (AvgIpc) is 2.78. The summed E-state index contributed by atoms with van der Waals surface area (Å²) in [6, 6.07) is 6.38. The van der Waals surface area contributed by atoms with E-state index in [1.54, 1.807) is 22.8 Å². The highest BCUT2D eigenvalue weighted by Gasteiger charge is 2.09. The lowest BCUT2D eigenvalue weighted by molar-refractivity contribution is 0.0697. The second-order valence-electron chi connectivity index (χ2n) is 3.63. The van der Waals surface area contributed by atoms with E-state index in [9.17, 15) is 4.79 Å². The number of nitrogens with zero attached hydrogens (tertiary/aromatic N) is 3. The van der Waals surface area contributed by atoms with E-state index in [0.29, 0.717) is 22.4 Å². The van der Waals surface area contributed by atoms with Gasteiger partial charge in [0.15, 0.2) is 0 Å². The predicted octanol–water partition coefficient (Wildman–Crippen LogP) is 1.16. The summed E-state index contributed by atoms with van der Waals surface area (Å²) in [5, 5.41) is 13.1. The van der Waals surface area contributed by atoms with Gasteiger partial charge in [0.1, 0.15) is 11.3 Å². The van der Waals surface area contributed by atoms with Crippen molar-refractivity contribution in [1.82, 2.24) is 14.6 Å².